The molecule has 7 nitrogen and oxygen atoms in total. The van der Waals surface area contributed by atoms with Crippen molar-refractivity contribution in [2.75, 3.05) is 7.11 Å². The van der Waals surface area contributed by atoms with Crippen molar-refractivity contribution >= 4 is 11.7 Å². The number of nitrogens with two attached hydrogens (primary N) is 2. The molecule has 0 radical (unpaired) electrons. The van der Waals surface area contributed by atoms with Gasteiger partial charge in [-0.25, -0.2) is 0 Å². The Kier molecular flexibility index (Phi) is 5.52. The van der Waals surface area contributed by atoms with E-state index >= 15 is 0 Å². The second kappa shape index (κ2) is 7.95. The smallest absolute Gasteiger partial charge is 0.211 e. The largest absolute Gasteiger partial charge is 0.497 e. The molecule has 7 atom stereocenters. The molecule has 0 bridgehead atoms. The van der Waals surface area contributed by atoms with Crippen LogP contribution in [0.25, 0.3) is 0 Å². The first kappa shape index (κ1) is 23.6. The number of nitrogens with zero attached hydrogens (tertiary/aromatic N) is 2. The summed E-state index contributed by atoms with van der Waals surface area (Å²) in [5.41, 5.74) is 10.6. The number of rotatable bonds is 3. The highest BCUT2D eigenvalue weighted by molar-refractivity contribution is 5.86. The number of aliphatic hydroxyl groups is 2. The molecule has 0 spiro atoms. The zero-order valence-electron chi connectivity index (χ0n) is 20.8. The van der Waals surface area contributed by atoms with Crippen LogP contribution in [-0.4, -0.2) is 34.6 Å². The van der Waals surface area contributed by atoms with Crippen LogP contribution in [0.15, 0.2) is 34.5 Å². The van der Waals surface area contributed by atoms with E-state index < -0.39 is 16.6 Å². The fourth-order valence-electron chi connectivity index (χ4n) is 8.59. The second-order valence-corrected chi connectivity index (χ2v) is 11.8. The number of ether oxygens (including phenoxy) is 1. The molecule has 0 heterocycles. The van der Waals surface area contributed by atoms with Gasteiger partial charge in [0.2, 0.25) is 5.96 Å². The highest BCUT2D eigenvalue weighted by atomic mass is 16.5. The molecule has 1 aromatic rings. The lowest BCUT2D eigenvalue weighted by Crippen LogP contribution is -2.64. The van der Waals surface area contributed by atoms with Crippen LogP contribution in [0, 0.1) is 28.6 Å². The molecular formula is C27H40N4O3. The lowest BCUT2D eigenvalue weighted by molar-refractivity contribution is -0.233. The number of hydrogen-bond donors (Lipinski definition) is 4. The summed E-state index contributed by atoms with van der Waals surface area (Å²) < 4.78 is 5.32. The molecule has 186 valence electrons. The summed E-state index contributed by atoms with van der Waals surface area (Å²) in [5.74, 6) is 1.97. The maximum Gasteiger partial charge on any atom is 0.211 e. The number of hydrogen-bond acceptors (Lipinski definition) is 5. The molecule has 0 aromatic heterocycles. The molecule has 6 N–H and O–H groups in total. The Morgan fingerprint density at radius 2 is 1.71 bits per heavy atom. The van der Waals surface area contributed by atoms with Gasteiger partial charge in [0.1, 0.15) is 5.75 Å². The normalized spacial score (nSPS) is 44.6. The van der Waals surface area contributed by atoms with Crippen molar-refractivity contribution in [2.45, 2.75) is 82.8 Å². The molecule has 0 amide bonds. The van der Waals surface area contributed by atoms with E-state index in [4.69, 9.17) is 16.2 Å². The van der Waals surface area contributed by atoms with Gasteiger partial charge in [0, 0.05) is 11.1 Å². The van der Waals surface area contributed by atoms with Crippen molar-refractivity contribution in [2.24, 2.45) is 50.3 Å². The zero-order valence-corrected chi connectivity index (χ0v) is 20.8. The second-order valence-electron chi connectivity index (χ2n) is 11.8. The number of benzene rings is 1. The summed E-state index contributed by atoms with van der Waals surface area (Å²) in [7, 11) is 1.65. The summed E-state index contributed by atoms with van der Waals surface area (Å²) in [4.78, 5) is 0. The molecule has 4 fully saturated rings. The van der Waals surface area contributed by atoms with Crippen molar-refractivity contribution in [3.8, 4) is 5.75 Å². The molecule has 4 saturated carbocycles. The lowest BCUT2D eigenvalue weighted by Gasteiger charge is -2.64. The average molecular weight is 469 g/mol. The predicted octanol–water partition coefficient (Wildman–Crippen LogP) is 3.67. The maximum absolute atomic E-state index is 12.4. The molecular weight excluding hydrogens is 428 g/mol. The van der Waals surface area contributed by atoms with Crippen LogP contribution in [0.3, 0.4) is 0 Å². The van der Waals surface area contributed by atoms with E-state index in [9.17, 15) is 10.2 Å². The van der Waals surface area contributed by atoms with Gasteiger partial charge in [0.15, 0.2) is 0 Å². The van der Waals surface area contributed by atoms with Crippen molar-refractivity contribution in [1.29, 1.82) is 0 Å². The first-order valence-electron chi connectivity index (χ1n) is 12.8. The standard InChI is InChI=1S/C27H40N4O3/c1-24-12-10-19(30-31-23(28)29)16-18(24)6-9-22-21(24)11-13-25(2)26(32,14-15-27(22,25)33)17-4-7-20(34-3)8-5-17/h4-5,7-8,18,21-22,32-33H,6,9-16H2,1-3H3,(H4,28,29,31)/t18?,21-,22-,24+,25-,26?,27-/m1/s1. The lowest BCUT2D eigenvalue weighted by atomic mass is 9.43. The van der Waals surface area contributed by atoms with Crippen LogP contribution in [-0.2, 0) is 5.60 Å². The molecule has 2 unspecified atom stereocenters. The fourth-order valence-corrected chi connectivity index (χ4v) is 8.59. The summed E-state index contributed by atoms with van der Waals surface area (Å²) in [6, 6.07) is 7.77. The molecule has 4 aliphatic rings. The van der Waals surface area contributed by atoms with Gasteiger partial charge in [-0.1, -0.05) is 26.0 Å². The van der Waals surface area contributed by atoms with Gasteiger partial charge in [-0.3, -0.25) is 0 Å². The van der Waals surface area contributed by atoms with Crippen LogP contribution < -0.4 is 16.2 Å². The van der Waals surface area contributed by atoms with Crippen LogP contribution in [0.2, 0.25) is 0 Å². The molecule has 34 heavy (non-hydrogen) atoms. The van der Waals surface area contributed by atoms with E-state index in [1.54, 1.807) is 7.11 Å². The van der Waals surface area contributed by atoms with Gasteiger partial charge in [0.25, 0.3) is 0 Å². The van der Waals surface area contributed by atoms with E-state index in [0.29, 0.717) is 24.7 Å². The number of fused-ring (bicyclic) bond motifs is 5. The predicted molar refractivity (Wildman–Crippen MR) is 133 cm³/mol. The van der Waals surface area contributed by atoms with Gasteiger partial charge < -0.3 is 26.4 Å². The van der Waals surface area contributed by atoms with Crippen molar-refractivity contribution in [1.82, 2.24) is 0 Å². The van der Waals surface area contributed by atoms with Crippen molar-refractivity contribution in [3.63, 3.8) is 0 Å². The molecule has 4 aliphatic carbocycles. The average Bonchev–Trinajstić information content (AvgIpc) is 3.05. The minimum atomic E-state index is -1.04. The summed E-state index contributed by atoms with van der Waals surface area (Å²) in [6.45, 7) is 4.57. The third-order valence-corrected chi connectivity index (χ3v) is 10.7. The first-order chi connectivity index (χ1) is 16.1. The monoisotopic (exact) mass is 468 g/mol. The molecule has 7 heteroatoms. The van der Waals surface area contributed by atoms with Gasteiger partial charge in [-0.05, 0) is 98.7 Å². The third-order valence-electron chi connectivity index (χ3n) is 10.7. The Morgan fingerprint density at radius 1 is 0.971 bits per heavy atom. The topological polar surface area (TPSA) is 126 Å². The highest BCUT2D eigenvalue weighted by Gasteiger charge is 2.71. The van der Waals surface area contributed by atoms with Crippen LogP contribution in [0.5, 0.6) is 5.75 Å². The minimum absolute atomic E-state index is 0.00362. The Morgan fingerprint density at radius 3 is 2.38 bits per heavy atom. The minimum Gasteiger partial charge on any atom is -0.497 e. The van der Waals surface area contributed by atoms with E-state index in [1.165, 1.54) is 0 Å². The maximum atomic E-state index is 12.4. The van der Waals surface area contributed by atoms with E-state index in [2.05, 4.69) is 24.1 Å². The quantitative estimate of drug-likeness (QED) is 0.306. The SMILES string of the molecule is COc1ccc(C2(O)CC[C@@]3(O)[C@@H]4CCC5CC(=NN=C(N)N)CC[C@]5(C)[C@@H]4CC[C@]23C)cc1. The molecule has 1 aromatic carbocycles. The Balaban J connectivity index is 1.43. The van der Waals surface area contributed by atoms with Crippen LogP contribution in [0.4, 0.5) is 0 Å². The molecule has 0 saturated heterocycles. The summed E-state index contributed by atoms with van der Waals surface area (Å²) >= 11 is 0. The van der Waals surface area contributed by atoms with Gasteiger partial charge in [-0.15, -0.1) is 5.10 Å². The van der Waals surface area contributed by atoms with Crippen LogP contribution in [0.1, 0.15) is 77.2 Å². The van der Waals surface area contributed by atoms with E-state index in [1.807, 2.05) is 24.3 Å². The van der Waals surface area contributed by atoms with Gasteiger partial charge in [0.05, 0.1) is 18.3 Å². The molecule has 5 rings (SSSR count). The van der Waals surface area contributed by atoms with Crippen LogP contribution >= 0.6 is 0 Å². The summed E-state index contributed by atoms with van der Waals surface area (Å²) in [5, 5.41) is 32.7. The van der Waals surface area contributed by atoms with Gasteiger partial charge in [-0.2, -0.15) is 5.10 Å². The van der Waals surface area contributed by atoms with E-state index in [-0.39, 0.29) is 17.3 Å². The Hall–Kier alpha value is -2.12. The zero-order chi connectivity index (χ0) is 24.4. The van der Waals surface area contributed by atoms with Gasteiger partial charge >= 0.3 is 0 Å². The Labute approximate surface area is 202 Å². The summed E-state index contributed by atoms with van der Waals surface area (Å²) in [6.07, 6.45) is 8.03. The number of methoxy groups -OCH3 is 1. The fraction of sp³-hybridized carbons (Fsp3) is 0.704. The first-order valence-corrected chi connectivity index (χ1v) is 12.8. The van der Waals surface area contributed by atoms with E-state index in [0.717, 1.165) is 62.0 Å². The Bertz CT molecular complexity index is 1010. The third kappa shape index (κ3) is 3.15. The van der Waals surface area contributed by atoms with Crippen molar-refractivity contribution < 1.29 is 14.9 Å². The van der Waals surface area contributed by atoms with Crippen molar-refractivity contribution in [3.05, 3.63) is 29.8 Å². The number of guanidine groups is 1. The molecule has 0 aliphatic heterocycles. The highest BCUT2D eigenvalue weighted by Crippen LogP contribution is 2.71.